The van der Waals surface area contributed by atoms with Crippen LogP contribution in [0.5, 0.6) is 5.75 Å². The Morgan fingerprint density at radius 2 is 1.74 bits per heavy atom. The fourth-order valence-electron chi connectivity index (χ4n) is 1.38. The largest absolute Gasteiger partial charge is 0.506 e. The maximum absolute atomic E-state index is 12.9. The number of carbonyl (C=O) groups excluding carboxylic acids is 1. The first-order valence-corrected chi connectivity index (χ1v) is 5.07. The first kappa shape index (κ1) is 12.9. The highest BCUT2D eigenvalue weighted by Crippen LogP contribution is 2.18. The zero-order chi connectivity index (χ0) is 14.0. The summed E-state index contributed by atoms with van der Waals surface area (Å²) >= 11 is 0. The Bertz CT molecular complexity index is 624. The molecule has 4 nitrogen and oxygen atoms in total. The number of aromatic nitrogens is 1. The monoisotopic (exact) mass is 268 g/mol. The first-order chi connectivity index (χ1) is 8.97. The quantitative estimate of drug-likeness (QED) is 0.822. The molecule has 1 heterocycles. The van der Waals surface area contributed by atoms with Gasteiger partial charge in [-0.3, -0.25) is 9.78 Å². The third-order valence-corrected chi connectivity index (χ3v) is 2.23. The molecule has 0 unspecified atom stereocenters. The molecule has 0 aliphatic heterocycles. The molecule has 2 aromatic rings. The zero-order valence-corrected chi connectivity index (χ0v) is 9.32. The topological polar surface area (TPSA) is 62.2 Å². The second kappa shape index (κ2) is 4.97. The minimum atomic E-state index is -1.61. The molecule has 0 saturated carbocycles. The van der Waals surface area contributed by atoms with E-state index < -0.39 is 23.4 Å². The van der Waals surface area contributed by atoms with Gasteiger partial charge in [-0.05, 0) is 6.07 Å². The summed E-state index contributed by atoms with van der Waals surface area (Å²) in [5, 5.41) is 11.3. The molecule has 0 aliphatic rings. The summed E-state index contributed by atoms with van der Waals surface area (Å²) in [6, 6.07) is 2.41. The fraction of sp³-hybridized carbons (Fsp3) is 0. The predicted molar refractivity (Wildman–Crippen MR) is 60.2 cm³/mol. The highest BCUT2D eigenvalue weighted by molar-refractivity contribution is 6.04. The van der Waals surface area contributed by atoms with Crippen molar-refractivity contribution in [1.29, 1.82) is 0 Å². The molecule has 1 amide bonds. The van der Waals surface area contributed by atoms with E-state index >= 15 is 0 Å². The number of hydrogen-bond acceptors (Lipinski definition) is 3. The van der Waals surface area contributed by atoms with Gasteiger partial charge < -0.3 is 10.4 Å². The lowest BCUT2D eigenvalue weighted by molar-refractivity contribution is 0.102. The number of benzene rings is 1. The summed E-state index contributed by atoms with van der Waals surface area (Å²) in [6.07, 6.45) is 2.28. The molecule has 1 aromatic heterocycles. The average Bonchev–Trinajstić information content (AvgIpc) is 2.36. The summed E-state index contributed by atoms with van der Waals surface area (Å²) < 4.78 is 38.6. The average molecular weight is 268 g/mol. The number of halogens is 3. The Balaban J connectivity index is 2.24. The molecule has 1 aromatic carbocycles. The van der Waals surface area contributed by atoms with Crippen molar-refractivity contribution >= 4 is 11.6 Å². The van der Waals surface area contributed by atoms with Crippen LogP contribution in [0.1, 0.15) is 10.4 Å². The van der Waals surface area contributed by atoms with Gasteiger partial charge in [0.1, 0.15) is 5.75 Å². The number of amides is 1. The molecule has 2 rings (SSSR count). The van der Waals surface area contributed by atoms with E-state index in [4.69, 9.17) is 5.11 Å². The van der Waals surface area contributed by atoms with Crippen molar-refractivity contribution < 1.29 is 23.1 Å². The SMILES string of the molecule is O=C(Nc1cc(F)c(F)c(F)c1)c1cncc(O)c1. The summed E-state index contributed by atoms with van der Waals surface area (Å²) in [6.45, 7) is 0. The summed E-state index contributed by atoms with van der Waals surface area (Å²) in [4.78, 5) is 15.3. The van der Waals surface area contributed by atoms with E-state index in [0.29, 0.717) is 12.1 Å². The third kappa shape index (κ3) is 2.82. The van der Waals surface area contributed by atoms with Crippen LogP contribution in [-0.4, -0.2) is 16.0 Å². The molecule has 0 fully saturated rings. The molecular weight excluding hydrogens is 261 g/mol. The van der Waals surface area contributed by atoms with Crippen LogP contribution >= 0.6 is 0 Å². The normalized spacial score (nSPS) is 10.3. The van der Waals surface area contributed by atoms with Gasteiger partial charge in [0.05, 0.1) is 11.8 Å². The maximum Gasteiger partial charge on any atom is 0.257 e. The van der Waals surface area contributed by atoms with E-state index in [9.17, 15) is 18.0 Å². The second-order valence-electron chi connectivity index (χ2n) is 3.64. The Morgan fingerprint density at radius 1 is 1.11 bits per heavy atom. The molecule has 2 N–H and O–H groups in total. The van der Waals surface area contributed by atoms with Gasteiger partial charge in [-0.15, -0.1) is 0 Å². The van der Waals surface area contributed by atoms with E-state index in [1.165, 1.54) is 0 Å². The van der Waals surface area contributed by atoms with Crippen molar-refractivity contribution in [3.63, 3.8) is 0 Å². The maximum atomic E-state index is 12.9. The van der Waals surface area contributed by atoms with Crippen LogP contribution in [0.4, 0.5) is 18.9 Å². The highest BCUT2D eigenvalue weighted by atomic mass is 19.2. The number of nitrogens with zero attached hydrogens (tertiary/aromatic N) is 1. The number of rotatable bonds is 2. The number of nitrogens with one attached hydrogen (secondary N) is 1. The van der Waals surface area contributed by atoms with E-state index in [0.717, 1.165) is 18.5 Å². The molecule has 98 valence electrons. The van der Waals surface area contributed by atoms with Gasteiger partial charge in [-0.1, -0.05) is 0 Å². The fourth-order valence-corrected chi connectivity index (χ4v) is 1.38. The van der Waals surface area contributed by atoms with Crippen LogP contribution in [0, 0.1) is 17.5 Å². The van der Waals surface area contributed by atoms with Crippen LogP contribution in [0.3, 0.4) is 0 Å². The van der Waals surface area contributed by atoms with Gasteiger partial charge in [-0.2, -0.15) is 0 Å². The van der Waals surface area contributed by atoms with Crippen LogP contribution < -0.4 is 5.32 Å². The number of anilines is 1. The lowest BCUT2D eigenvalue weighted by Crippen LogP contribution is -2.12. The van der Waals surface area contributed by atoms with Crippen molar-refractivity contribution in [2.45, 2.75) is 0 Å². The predicted octanol–water partition coefficient (Wildman–Crippen LogP) is 2.46. The van der Waals surface area contributed by atoms with Crippen LogP contribution in [0.15, 0.2) is 30.6 Å². The van der Waals surface area contributed by atoms with Gasteiger partial charge in [-0.25, -0.2) is 13.2 Å². The minimum absolute atomic E-state index is 0.00913. The smallest absolute Gasteiger partial charge is 0.257 e. The number of pyridine rings is 1. The lowest BCUT2D eigenvalue weighted by atomic mass is 10.2. The van der Waals surface area contributed by atoms with Gasteiger partial charge >= 0.3 is 0 Å². The number of carbonyl (C=O) groups is 1. The van der Waals surface area contributed by atoms with Crippen LogP contribution in [0.2, 0.25) is 0 Å². The van der Waals surface area contributed by atoms with E-state index in [2.05, 4.69) is 10.3 Å². The molecule has 0 radical (unpaired) electrons. The minimum Gasteiger partial charge on any atom is -0.506 e. The number of hydrogen-bond donors (Lipinski definition) is 2. The van der Waals surface area contributed by atoms with Crippen molar-refractivity contribution in [2.24, 2.45) is 0 Å². The Hall–Kier alpha value is -2.57. The Kier molecular flexibility index (Phi) is 3.37. The summed E-state index contributed by atoms with van der Waals surface area (Å²) in [5.74, 6) is -5.41. The van der Waals surface area contributed by atoms with E-state index in [1.807, 2.05) is 0 Å². The number of aromatic hydroxyl groups is 1. The molecule has 0 spiro atoms. The van der Waals surface area contributed by atoms with E-state index in [-0.39, 0.29) is 17.0 Å². The van der Waals surface area contributed by atoms with Crippen LogP contribution in [-0.2, 0) is 0 Å². The molecule has 0 bridgehead atoms. The summed E-state index contributed by atoms with van der Waals surface area (Å²) in [7, 11) is 0. The van der Waals surface area contributed by atoms with E-state index in [1.54, 1.807) is 0 Å². The zero-order valence-electron chi connectivity index (χ0n) is 9.32. The molecular formula is C12H7F3N2O2. The van der Waals surface area contributed by atoms with Gasteiger partial charge in [0.25, 0.3) is 5.91 Å². The standard InChI is InChI=1S/C12H7F3N2O2/c13-9-2-7(3-10(14)11(9)15)17-12(19)6-1-8(18)5-16-4-6/h1-5,18H,(H,17,19). The van der Waals surface area contributed by atoms with Gasteiger partial charge in [0.2, 0.25) is 0 Å². The lowest BCUT2D eigenvalue weighted by Gasteiger charge is -2.06. The first-order valence-electron chi connectivity index (χ1n) is 5.07. The third-order valence-electron chi connectivity index (χ3n) is 2.23. The van der Waals surface area contributed by atoms with Crippen molar-refractivity contribution in [3.05, 3.63) is 53.6 Å². The van der Waals surface area contributed by atoms with Gasteiger partial charge in [0, 0.05) is 24.0 Å². The molecule has 7 heteroatoms. The Labute approximate surface area is 105 Å². The van der Waals surface area contributed by atoms with Crippen molar-refractivity contribution in [3.8, 4) is 5.75 Å². The molecule has 19 heavy (non-hydrogen) atoms. The van der Waals surface area contributed by atoms with Gasteiger partial charge in [0.15, 0.2) is 17.5 Å². The van der Waals surface area contributed by atoms with Crippen molar-refractivity contribution in [2.75, 3.05) is 5.32 Å². The molecule has 0 saturated heterocycles. The molecule has 0 aliphatic carbocycles. The second-order valence-corrected chi connectivity index (χ2v) is 3.64. The summed E-state index contributed by atoms with van der Waals surface area (Å²) in [5.41, 5.74) is -0.255. The Morgan fingerprint density at radius 3 is 2.32 bits per heavy atom. The molecule has 0 atom stereocenters. The highest BCUT2D eigenvalue weighted by Gasteiger charge is 2.13. The van der Waals surface area contributed by atoms with Crippen molar-refractivity contribution in [1.82, 2.24) is 4.98 Å². The van der Waals surface area contributed by atoms with Crippen LogP contribution in [0.25, 0.3) is 0 Å².